The molecule has 1 aliphatic carbocycles. The maximum Gasteiger partial charge on any atom is 0.295 e. The van der Waals surface area contributed by atoms with Crippen LogP contribution in [0.1, 0.15) is 47.8 Å². The summed E-state index contributed by atoms with van der Waals surface area (Å²) in [5, 5.41) is 3.16. The molecule has 3 aromatic rings. The predicted octanol–water partition coefficient (Wildman–Crippen LogP) is 5.51. The largest absolute Gasteiger partial charge is 0.493 e. The van der Waals surface area contributed by atoms with Crippen molar-refractivity contribution in [1.82, 2.24) is 5.32 Å². The first kappa shape index (κ1) is 23.9. The number of nitrogens with zero attached hydrogens (tertiary/aromatic N) is 1. The first-order valence-electron chi connectivity index (χ1n) is 11.2. The van der Waals surface area contributed by atoms with Crippen molar-refractivity contribution in [2.45, 2.75) is 37.8 Å². The van der Waals surface area contributed by atoms with Crippen molar-refractivity contribution in [3.63, 3.8) is 0 Å². The summed E-state index contributed by atoms with van der Waals surface area (Å²) >= 11 is 3.56. The van der Waals surface area contributed by atoms with E-state index in [0.29, 0.717) is 27.2 Å². The van der Waals surface area contributed by atoms with Gasteiger partial charge in [-0.05, 0) is 59.1 Å². The Balaban J connectivity index is 1.90. The molecule has 1 atom stereocenters. The molecule has 1 heterocycles. The molecular formula is C26H27BrN2O5. The van der Waals surface area contributed by atoms with Gasteiger partial charge in [0.05, 0.1) is 26.2 Å². The van der Waals surface area contributed by atoms with Gasteiger partial charge in [0.2, 0.25) is 5.91 Å². The third-order valence-electron chi connectivity index (χ3n) is 6.00. The Hall–Kier alpha value is -3.26. The number of methoxy groups -OCH3 is 2. The zero-order valence-electron chi connectivity index (χ0n) is 19.1. The van der Waals surface area contributed by atoms with Gasteiger partial charge in [0.25, 0.3) is 5.91 Å². The lowest BCUT2D eigenvalue weighted by molar-refractivity contribution is -0.123. The number of ether oxygens (including phenoxy) is 2. The van der Waals surface area contributed by atoms with Crippen LogP contribution in [0.25, 0.3) is 0 Å². The molecule has 1 saturated carbocycles. The third kappa shape index (κ3) is 4.82. The van der Waals surface area contributed by atoms with E-state index in [1.54, 1.807) is 36.4 Å². The third-order valence-corrected chi connectivity index (χ3v) is 6.67. The van der Waals surface area contributed by atoms with E-state index in [4.69, 9.17) is 13.9 Å². The molecule has 1 N–H and O–H groups in total. The van der Waals surface area contributed by atoms with Gasteiger partial charge in [-0.25, -0.2) is 0 Å². The van der Waals surface area contributed by atoms with Gasteiger partial charge in [-0.15, -0.1) is 0 Å². The summed E-state index contributed by atoms with van der Waals surface area (Å²) in [6.45, 7) is 0. The van der Waals surface area contributed by atoms with Crippen LogP contribution in [0.5, 0.6) is 11.5 Å². The smallest absolute Gasteiger partial charge is 0.295 e. The molecule has 0 radical (unpaired) electrons. The number of furan rings is 1. The van der Waals surface area contributed by atoms with Crippen molar-refractivity contribution in [1.29, 1.82) is 0 Å². The lowest BCUT2D eigenvalue weighted by Crippen LogP contribution is -2.46. The molecule has 178 valence electrons. The maximum absolute atomic E-state index is 13.9. The molecule has 0 unspecified atom stereocenters. The number of nitrogens with one attached hydrogen (secondary N) is 1. The second kappa shape index (κ2) is 10.8. The minimum Gasteiger partial charge on any atom is -0.493 e. The Morgan fingerprint density at radius 3 is 2.44 bits per heavy atom. The van der Waals surface area contributed by atoms with Crippen LogP contribution < -0.4 is 19.7 Å². The Labute approximate surface area is 207 Å². The quantitative estimate of drug-likeness (QED) is 0.418. The minimum absolute atomic E-state index is 0.0615. The number of amides is 2. The normalized spacial score (nSPS) is 14.4. The lowest BCUT2D eigenvalue weighted by Gasteiger charge is -2.33. The highest BCUT2D eigenvalue weighted by atomic mass is 79.9. The molecule has 1 fully saturated rings. The molecule has 7 nitrogen and oxygen atoms in total. The summed E-state index contributed by atoms with van der Waals surface area (Å²) < 4.78 is 17.3. The van der Waals surface area contributed by atoms with E-state index in [1.807, 2.05) is 18.2 Å². The van der Waals surface area contributed by atoms with Crippen LogP contribution >= 0.6 is 15.9 Å². The average Bonchev–Trinajstić information content (AvgIpc) is 3.57. The van der Waals surface area contributed by atoms with Crippen LogP contribution in [-0.2, 0) is 4.79 Å². The van der Waals surface area contributed by atoms with Crippen LogP contribution in [-0.4, -0.2) is 32.1 Å². The van der Waals surface area contributed by atoms with Crippen LogP contribution in [0, 0.1) is 0 Å². The van der Waals surface area contributed by atoms with Gasteiger partial charge in [0.1, 0.15) is 6.04 Å². The van der Waals surface area contributed by atoms with E-state index in [-0.39, 0.29) is 17.7 Å². The van der Waals surface area contributed by atoms with Crippen molar-refractivity contribution in [3.05, 3.63) is 76.7 Å². The molecule has 0 aliphatic heterocycles. The van der Waals surface area contributed by atoms with Crippen molar-refractivity contribution in [3.8, 4) is 11.5 Å². The number of para-hydroxylation sites is 2. The van der Waals surface area contributed by atoms with Gasteiger partial charge < -0.3 is 19.2 Å². The number of carbonyl (C=O) groups is 2. The van der Waals surface area contributed by atoms with Crippen molar-refractivity contribution in [2.75, 3.05) is 19.1 Å². The SMILES string of the molecule is COc1cccc([C@@H](C(=O)NC2CCCC2)N(C(=O)c2ccco2)c2ccccc2Br)c1OC. The van der Waals surface area contributed by atoms with E-state index in [2.05, 4.69) is 21.2 Å². The summed E-state index contributed by atoms with van der Waals surface area (Å²) in [7, 11) is 3.05. The average molecular weight is 527 g/mol. The van der Waals surface area contributed by atoms with E-state index < -0.39 is 11.9 Å². The fraction of sp³-hybridized carbons (Fsp3) is 0.308. The van der Waals surface area contributed by atoms with Gasteiger partial charge in [0, 0.05) is 16.1 Å². The first-order valence-corrected chi connectivity index (χ1v) is 12.0. The summed E-state index contributed by atoms with van der Waals surface area (Å²) in [5.41, 5.74) is 1.04. The number of rotatable bonds is 8. The van der Waals surface area contributed by atoms with E-state index in [9.17, 15) is 9.59 Å². The molecule has 8 heteroatoms. The zero-order chi connectivity index (χ0) is 24.1. The van der Waals surface area contributed by atoms with E-state index in [0.717, 1.165) is 25.7 Å². The molecular weight excluding hydrogens is 500 g/mol. The number of hydrogen-bond donors (Lipinski definition) is 1. The van der Waals surface area contributed by atoms with Gasteiger partial charge in [-0.2, -0.15) is 0 Å². The lowest BCUT2D eigenvalue weighted by atomic mass is 10.00. The molecule has 34 heavy (non-hydrogen) atoms. The summed E-state index contributed by atoms with van der Waals surface area (Å²) in [4.78, 5) is 29.2. The standard InChI is InChI=1S/C26H27BrN2O5/c1-32-21-14-7-11-18(24(21)33-2)23(25(30)28-17-9-3-4-10-17)29(20-13-6-5-12-19(20)27)26(31)22-15-8-16-34-22/h5-8,11-17,23H,3-4,9-10H2,1-2H3,(H,28,30)/t23-/m0/s1. The minimum atomic E-state index is -1.04. The summed E-state index contributed by atoms with van der Waals surface area (Å²) in [6.07, 6.45) is 5.39. The van der Waals surface area contributed by atoms with Crippen LogP contribution in [0.4, 0.5) is 5.69 Å². The topological polar surface area (TPSA) is 81.0 Å². The monoisotopic (exact) mass is 526 g/mol. The second-order valence-electron chi connectivity index (χ2n) is 8.08. The highest BCUT2D eigenvalue weighted by molar-refractivity contribution is 9.10. The Bertz CT molecular complexity index is 1140. The van der Waals surface area contributed by atoms with E-state index >= 15 is 0 Å². The zero-order valence-corrected chi connectivity index (χ0v) is 20.7. The molecule has 1 aliphatic rings. The number of anilines is 1. The predicted molar refractivity (Wildman–Crippen MR) is 132 cm³/mol. The van der Waals surface area contributed by atoms with Gasteiger partial charge >= 0.3 is 0 Å². The molecule has 0 saturated heterocycles. The van der Waals surface area contributed by atoms with Crippen molar-refractivity contribution < 1.29 is 23.5 Å². The number of halogens is 1. The highest BCUT2D eigenvalue weighted by Gasteiger charge is 2.38. The molecule has 2 aromatic carbocycles. The van der Waals surface area contributed by atoms with Gasteiger partial charge in [0.15, 0.2) is 17.3 Å². The van der Waals surface area contributed by atoms with Crippen LogP contribution in [0.3, 0.4) is 0 Å². The fourth-order valence-electron chi connectivity index (χ4n) is 4.41. The molecule has 2 amide bonds. The second-order valence-corrected chi connectivity index (χ2v) is 8.93. The van der Waals surface area contributed by atoms with E-state index in [1.165, 1.54) is 25.4 Å². The molecule has 4 rings (SSSR count). The summed E-state index contributed by atoms with van der Waals surface area (Å²) in [6, 6.07) is 14.8. The Morgan fingerprint density at radius 1 is 1.03 bits per heavy atom. The summed E-state index contributed by atoms with van der Waals surface area (Å²) in [5.74, 6) is 0.232. The highest BCUT2D eigenvalue weighted by Crippen LogP contribution is 2.41. The number of hydrogen-bond acceptors (Lipinski definition) is 5. The first-order chi connectivity index (χ1) is 16.5. The Morgan fingerprint density at radius 2 is 1.79 bits per heavy atom. The van der Waals surface area contributed by atoms with Crippen LogP contribution in [0.2, 0.25) is 0 Å². The number of carbonyl (C=O) groups excluding carboxylic acids is 2. The molecule has 0 spiro atoms. The maximum atomic E-state index is 13.9. The van der Waals surface area contributed by atoms with Gasteiger partial charge in [-0.3, -0.25) is 14.5 Å². The Kier molecular flexibility index (Phi) is 7.57. The molecule has 1 aromatic heterocycles. The molecule has 0 bridgehead atoms. The van der Waals surface area contributed by atoms with Gasteiger partial charge in [-0.1, -0.05) is 37.1 Å². The van der Waals surface area contributed by atoms with Crippen molar-refractivity contribution in [2.24, 2.45) is 0 Å². The van der Waals surface area contributed by atoms with Crippen LogP contribution in [0.15, 0.2) is 69.8 Å². The number of benzene rings is 2. The fourth-order valence-corrected chi connectivity index (χ4v) is 4.88. The van der Waals surface area contributed by atoms with Crippen molar-refractivity contribution >= 4 is 33.4 Å².